The smallest absolute Gasteiger partial charge is 0.254 e. The molecule has 3 rings (SSSR count). The summed E-state index contributed by atoms with van der Waals surface area (Å²) >= 11 is 3.37. The van der Waals surface area contributed by atoms with E-state index >= 15 is 0 Å². The number of benzene rings is 2. The van der Waals surface area contributed by atoms with Crippen molar-refractivity contribution in [3.63, 3.8) is 0 Å². The average molecular weight is 302 g/mol. The first-order chi connectivity index (χ1) is 8.75. The summed E-state index contributed by atoms with van der Waals surface area (Å²) in [6.45, 7) is 0.818. The molecule has 0 saturated carbocycles. The molecule has 3 heteroatoms. The minimum absolute atomic E-state index is 0.108. The number of amides is 1. The number of hydrogen-bond acceptors (Lipinski definition) is 1. The largest absolute Gasteiger partial charge is 0.327 e. The monoisotopic (exact) mass is 301 g/mol. The Balaban J connectivity index is 1.75. The van der Waals surface area contributed by atoms with Crippen molar-refractivity contribution in [2.75, 3.05) is 6.54 Å². The van der Waals surface area contributed by atoms with Gasteiger partial charge in [0.1, 0.15) is 0 Å². The van der Waals surface area contributed by atoms with Gasteiger partial charge >= 0.3 is 0 Å². The summed E-state index contributed by atoms with van der Waals surface area (Å²) in [4.78, 5) is 14.1. The topological polar surface area (TPSA) is 20.1 Å². The first-order valence-electron chi connectivity index (χ1n) is 5.87. The molecule has 1 unspecified atom stereocenters. The average Bonchev–Trinajstić information content (AvgIpc) is 3.20. The highest BCUT2D eigenvalue weighted by Gasteiger charge is 2.39. The number of nitrogens with zero attached hydrogens (tertiary/aromatic N) is 1. The van der Waals surface area contributed by atoms with Crippen LogP contribution in [0, 0.1) is 0 Å². The first-order valence-corrected chi connectivity index (χ1v) is 6.66. The predicted octanol–water partition coefficient (Wildman–Crippen LogP) is 3.65. The number of carbonyl (C=O) groups is 1. The Kier molecular flexibility index (Phi) is 2.92. The second kappa shape index (κ2) is 4.58. The van der Waals surface area contributed by atoms with E-state index in [2.05, 4.69) is 28.1 Å². The second-order valence-corrected chi connectivity index (χ2v) is 5.31. The van der Waals surface area contributed by atoms with Crippen LogP contribution < -0.4 is 0 Å². The van der Waals surface area contributed by atoms with Crippen LogP contribution >= 0.6 is 15.9 Å². The molecule has 0 radical (unpaired) electrons. The highest BCUT2D eigenvalue weighted by molar-refractivity contribution is 9.10. The van der Waals surface area contributed by atoms with Gasteiger partial charge in [0, 0.05) is 16.6 Å². The van der Waals surface area contributed by atoms with Crippen LogP contribution in [0.2, 0.25) is 0 Å². The summed E-state index contributed by atoms with van der Waals surface area (Å²) in [5, 5.41) is 0. The fourth-order valence-electron chi connectivity index (χ4n) is 2.08. The lowest BCUT2D eigenvalue weighted by atomic mass is 10.1. The molecule has 2 nitrogen and oxygen atoms in total. The van der Waals surface area contributed by atoms with Crippen LogP contribution in [0.1, 0.15) is 22.0 Å². The zero-order chi connectivity index (χ0) is 12.5. The van der Waals surface area contributed by atoms with E-state index in [0.29, 0.717) is 0 Å². The molecule has 18 heavy (non-hydrogen) atoms. The molecular formula is C15H12BrNO. The van der Waals surface area contributed by atoms with Crippen LogP contribution in [-0.2, 0) is 0 Å². The van der Waals surface area contributed by atoms with Crippen LogP contribution in [-0.4, -0.2) is 17.4 Å². The van der Waals surface area contributed by atoms with Crippen molar-refractivity contribution in [3.8, 4) is 0 Å². The molecule has 0 bridgehead atoms. The zero-order valence-corrected chi connectivity index (χ0v) is 11.3. The number of halogens is 1. The molecule has 1 aliphatic rings. The molecule has 0 N–H and O–H groups in total. The lowest BCUT2D eigenvalue weighted by molar-refractivity contribution is 0.0874. The van der Waals surface area contributed by atoms with Crippen molar-refractivity contribution >= 4 is 21.8 Å². The summed E-state index contributed by atoms with van der Waals surface area (Å²) in [5.41, 5.74) is 1.96. The van der Waals surface area contributed by atoms with Gasteiger partial charge in [-0.2, -0.15) is 0 Å². The molecular weight excluding hydrogens is 290 g/mol. The van der Waals surface area contributed by atoms with Gasteiger partial charge in [-0.1, -0.05) is 46.3 Å². The predicted molar refractivity (Wildman–Crippen MR) is 74.4 cm³/mol. The SMILES string of the molecule is O=C(c1ccc(Br)cc1)N1CC1c1ccccc1. The Morgan fingerprint density at radius 2 is 1.72 bits per heavy atom. The standard InChI is InChI=1S/C15H12BrNO/c16-13-8-6-12(7-9-13)15(18)17-10-14(17)11-4-2-1-3-5-11/h1-9,14H,10H2. The van der Waals surface area contributed by atoms with Gasteiger partial charge in [0.25, 0.3) is 5.91 Å². The molecule has 2 aromatic carbocycles. The molecule has 1 saturated heterocycles. The lowest BCUT2D eigenvalue weighted by Gasteiger charge is -2.04. The summed E-state index contributed by atoms with van der Waals surface area (Å²) in [7, 11) is 0. The van der Waals surface area contributed by atoms with Crippen LogP contribution in [0.4, 0.5) is 0 Å². The molecule has 1 atom stereocenters. The van der Waals surface area contributed by atoms with Gasteiger partial charge in [0.15, 0.2) is 0 Å². The van der Waals surface area contributed by atoms with E-state index < -0.39 is 0 Å². The Bertz CT molecular complexity index is 565. The summed E-state index contributed by atoms with van der Waals surface area (Å²) in [6.07, 6.45) is 0. The van der Waals surface area contributed by atoms with Crippen molar-refractivity contribution in [1.82, 2.24) is 4.90 Å². The quantitative estimate of drug-likeness (QED) is 0.775. The Morgan fingerprint density at radius 1 is 1.06 bits per heavy atom. The zero-order valence-electron chi connectivity index (χ0n) is 9.71. The molecule has 0 aliphatic carbocycles. The molecule has 1 amide bonds. The highest BCUT2D eigenvalue weighted by atomic mass is 79.9. The van der Waals surface area contributed by atoms with Crippen molar-refractivity contribution < 1.29 is 4.79 Å². The van der Waals surface area contributed by atoms with E-state index in [1.54, 1.807) is 0 Å². The Hall–Kier alpha value is -1.61. The number of carbonyl (C=O) groups excluding carboxylic acids is 1. The third kappa shape index (κ3) is 2.18. The molecule has 2 aromatic rings. The maximum Gasteiger partial charge on any atom is 0.254 e. The fraction of sp³-hybridized carbons (Fsp3) is 0.133. The molecule has 90 valence electrons. The molecule has 0 aromatic heterocycles. The van der Waals surface area contributed by atoms with E-state index in [0.717, 1.165) is 16.6 Å². The minimum atomic E-state index is 0.108. The van der Waals surface area contributed by atoms with E-state index in [1.807, 2.05) is 47.4 Å². The van der Waals surface area contributed by atoms with Crippen molar-refractivity contribution in [1.29, 1.82) is 0 Å². The van der Waals surface area contributed by atoms with Gasteiger partial charge in [-0.15, -0.1) is 0 Å². The molecule has 1 heterocycles. The van der Waals surface area contributed by atoms with Gasteiger partial charge in [0.05, 0.1) is 6.04 Å². The van der Waals surface area contributed by atoms with Crippen molar-refractivity contribution in [2.24, 2.45) is 0 Å². The van der Waals surface area contributed by atoms with Gasteiger partial charge in [-0.3, -0.25) is 4.79 Å². The first kappa shape index (κ1) is 11.5. The Morgan fingerprint density at radius 3 is 2.39 bits per heavy atom. The summed E-state index contributed by atoms with van der Waals surface area (Å²) < 4.78 is 0.990. The lowest BCUT2D eigenvalue weighted by Crippen LogP contribution is -2.11. The van der Waals surface area contributed by atoms with Gasteiger partial charge < -0.3 is 4.90 Å². The van der Waals surface area contributed by atoms with E-state index in [9.17, 15) is 4.79 Å². The highest BCUT2D eigenvalue weighted by Crippen LogP contribution is 2.36. The van der Waals surface area contributed by atoms with E-state index in [4.69, 9.17) is 0 Å². The fourth-order valence-corrected chi connectivity index (χ4v) is 2.35. The van der Waals surface area contributed by atoms with Crippen molar-refractivity contribution in [2.45, 2.75) is 6.04 Å². The van der Waals surface area contributed by atoms with Crippen molar-refractivity contribution in [3.05, 3.63) is 70.2 Å². The molecule has 0 spiro atoms. The van der Waals surface area contributed by atoms with E-state index in [-0.39, 0.29) is 11.9 Å². The Labute approximate surface area is 114 Å². The van der Waals surface area contributed by atoms with Gasteiger partial charge in [-0.05, 0) is 29.8 Å². The van der Waals surface area contributed by atoms with Crippen LogP contribution in [0.15, 0.2) is 59.1 Å². The number of hydrogen-bond donors (Lipinski definition) is 0. The van der Waals surface area contributed by atoms with Gasteiger partial charge in [0.2, 0.25) is 0 Å². The van der Waals surface area contributed by atoms with Crippen LogP contribution in [0.5, 0.6) is 0 Å². The van der Waals surface area contributed by atoms with Gasteiger partial charge in [-0.25, -0.2) is 0 Å². The number of rotatable bonds is 2. The van der Waals surface area contributed by atoms with E-state index in [1.165, 1.54) is 5.56 Å². The third-order valence-electron chi connectivity index (χ3n) is 3.15. The van der Waals surface area contributed by atoms with Crippen LogP contribution in [0.25, 0.3) is 0 Å². The third-order valence-corrected chi connectivity index (χ3v) is 3.68. The minimum Gasteiger partial charge on any atom is -0.327 e. The summed E-state index contributed by atoms with van der Waals surface area (Å²) in [5.74, 6) is 0.108. The maximum atomic E-state index is 12.2. The normalized spacial score (nSPS) is 17.6. The second-order valence-electron chi connectivity index (χ2n) is 4.39. The summed E-state index contributed by atoms with van der Waals surface area (Å²) in [6, 6.07) is 17.9. The van der Waals surface area contributed by atoms with Crippen LogP contribution in [0.3, 0.4) is 0 Å². The molecule has 1 fully saturated rings. The molecule has 1 aliphatic heterocycles. The maximum absolute atomic E-state index is 12.2.